The molecule has 0 saturated carbocycles. The van der Waals surface area contributed by atoms with Crippen molar-refractivity contribution in [1.82, 2.24) is 0 Å². The average Bonchev–Trinajstić information content (AvgIpc) is 1.83. The second-order valence-electron chi connectivity index (χ2n) is 4.31. The van der Waals surface area contributed by atoms with Crippen molar-refractivity contribution in [3.05, 3.63) is 0 Å². The van der Waals surface area contributed by atoms with E-state index in [-0.39, 0.29) is 5.91 Å². The van der Waals surface area contributed by atoms with Gasteiger partial charge in [0.15, 0.2) is 0 Å². The Morgan fingerprint density at radius 2 is 1.85 bits per heavy atom. The Labute approximate surface area is 81.1 Å². The molecule has 0 saturated heterocycles. The van der Waals surface area contributed by atoms with Gasteiger partial charge in [0.05, 0.1) is 9.73 Å². The normalized spacial score (nSPS) is 16.4. The monoisotopic (exact) mass is 205 g/mol. The summed E-state index contributed by atoms with van der Waals surface area (Å²) in [6.45, 7) is 7.27. The van der Waals surface area contributed by atoms with E-state index in [9.17, 15) is 9.00 Å². The molecule has 0 heterocycles. The molecule has 0 aliphatic rings. The molecular formula is C9H19NO2S. The second-order valence-corrected chi connectivity index (χ2v) is 6.82. The summed E-state index contributed by atoms with van der Waals surface area (Å²) < 4.78 is 15.4. The molecular weight excluding hydrogens is 186 g/mol. The molecule has 3 nitrogen and oxygen atoms in total. The zero-order chi connectivity index (χ0) is 10.7. The van der Waals surface area contributed by atoms with Crippen molar-refractivity contribution in [2.75, 3.05) is 12.0 Å². The summed E-state index contributed by atoms with van der Waals surface area (Å²) >= 11 is 0. The number of nitrogens with zero attached hydrogens (tertiary/aromatic N) is 1. The van der Waals surface area contributed by atoms with Crippen molar-refractivity contribution >= 4 is 15.6 Å². The van der Waals surface area contributed by atoms with Crippen LogP contribution in [-0.2, 0) is 14.5 Å². The van der Waals surface area contributed by atoms with E-state index in [2.05, 4.69) is 4.36 Å². The van der Waals surface area contributed by atoms with Crippen molar-refractivity contribution in [3.8, 4) is 0 Å². The fourth-order valence-electron chi connectivity index (χ4n) is 0.737. The molecule has 0 aromatic rings. The lowest BCUT2D eigenvalue weighted by Gasteiger charge is -2.13. The molecule has 13 heavy (non-hydrogen) atoms. The molecule has 0 aromatic heterocycles. The van der Waals surface area contributed by atoms with Crippen molar-refractivity contribution in [2.45, 2.75) is 34.1 Å². The molecule has 0 aliphatic heterocycles. The van der Waals surface area contributed by atoms with E-state index in [0.29, 0.717) is 5.75 Å². The van der Waals surface area contributed by atoms with Crippen LogP contribution < -0.4 is 0 Å². The molecule has 1 unspecified atom stereocenters. The Morgan fingerprint density at radius 1 is 1.38 bits per heavy atom. The third-order valence-electron chi connectivity index (χ3n) is 1.50. The maximum atomic E-state index is 11.7. The minimum atomic E-state index is -2.29. The van der Waals surface area contributed by atoms with Crippen molar-refractivity contribution in [2.24, 2.45) is 9.78 Å². The van der Waals surface area contributed by atoms with Gasteiger partial charge in [-0.05, 0) is 6.42 Å². The van der Waals surface area contributed by atoms with Gasteiger partial charge in [0, 0.05) is 17.4 Å². The minimum Gasteiger partial charge on any atom is -0.271 e. The minimum absolute atomic E-state index is 0.270. The molecule has 1 amide bonds. The number of amides is 1. The molecule has 0 radical (unpaired) electrons. The van der Waals surface area contributed by atoms with Crippen LogP contribution in [0.25, 0.3) is 0 Å². The Morgan fingerprint density at radius 3 is 2.15 bits per heavy atom. The van der Waals surface area contributed by atoms with Gasteiger partial charge in [-0.2, -0.15) is 4.36 Å². The Kier molecular flexibility index (Phi) is 4.10. The third kappa shape index (κ3) is 5.03. The highest BCUT2D eigenvalue weighted by molar-refractivity contribution is 7.93. The van der Waals surface area contributed by atoms with Crippen molar-refractivity contribution < 1.29 is 9.00 Å². The fourth-order valence-corrected chi connectivity index (χ4v) is 2.21. The largest absolute Gasteiger partial charge is 0.271 e. The molecule has 0 bridgehead atoms. The summed E-state index contributed by atoms with van der Waals surface area (Å²) in [7, 11) is -2.29. The number of carbonyl (C=O) groups excluding carboxylic acids is 1. The lowest BCUT2D eigenvalue weighted by molar-refractivity contribution is -0.124. The van der Waals surface area contributed by atoms with Gasteiger partial charge < -0.3 is 0 Å². The lowest BCUT2D eigenvalue weighted by atomic mass is 9.96. The first-order chi connectivity index (χ1) is 5.69. The van der Waals surface area contributed by atoms with Crippen LogP contribution >= 0.6 is 0 Å². The number of hydrogen-bond donors (Lipinski definition) is 0. The maximum Gasteiger partial charge on any atom is 0.259 e. The van der Waals surface area contributed by atoms with E-state index >= 15 is 0 Å². The summed E-state index contributed by atoms with van der Waals surface area (Å²) in [6.07, 6.45) is 2.33. The van der Waals surface area contributed by atoms with Gasteiger partial charge in [-0.15, -0.1) is 0 Å². The van der Waals surface area contributed by atoms with E-state index < -0.39 is 15.1 Å². The first-order valence-corrected chi connectivity index (χ1v) is 6.52. The van der Waals surface area contributed by atoms with Gasteiger partial charge in [-0.3, -0.25) is 4.79 Å². The highest BCUT2D eigenvalue weighted by atomic mass is 32.2. The van der Waals surface area contributed by atoms with Crippen LogP contribution in [0, 0.1) is 5.41 Å². The zero-order valence-electron chi connectivity index (χ0n) is 9.09. The van der Waals surface area contributed by atoms with Crippen molar-refractivity contribution in [1.29, 1.82) is 0 Å². The topological polar surface area (TPSA) is 46.5 Å². The molecule has 1 atom stereocenters. The first kappa shape index (κ1) is 12.6. The van der Waals surface area contributed by atoms with Crippen LogP contribution in [0.4, 0.5) is 0 Å². The smallest absolute Gasteiger partial charge is 0.259 e. The Balaban J connectivity index is 4.76. The standard InChI is InChI=1S/C9H19NO2S/c1-6-7-13(5,12)10-8(11)9(2,3)4/h6-7H2,1-5H3. The lowest BCUT2D eigenvalue weighted by Crippen LogP contribution is -2.20. The highest BCUT2D eigenvalue weighted by Gasteiger charge is 2.21. The average molecular weight is 205 g/mol. The maximum absolute atomic E-state index is 11.7. The summed E-state index contributed by atoms with van der Waals surface area (Å²) in [6, 6.07) is 0. The van der Waals surface area contributed by atoms with Crippen LogP contribution in [0.1, 0.15) is 34.1 Å². The molecule has 78 valence electrons. The molecule has 0 spiro atoms. The van der Waals surface area contributed by atoms with Crippen LogP contribution in [0.2, 0.25) is 0 Å². The zero-order valence-corrected chi connectivity index (χ0v) is 9.90. The number of rotatable bonds is 2. The SMILES string of the molecule is CCCS(C)(=O)=NC(=O)C(C)(C)C. The first-order valence-electron chi connectivity index (χ1n) is 4.43. The van der Waals surface area contributed by atoms with Crippen LogP contribution in [-0.4, -0.2) is 22.1 Å². The van der Waals surface area contributed by atoms with E-state index in [4.69, 9.17) is 0 Å². The molecule has 0 N–H and O–H groups in total. The van der Waals surface area contributed by atoms with Gasteiger partial charge in [-0.25, -0.2) is 4.21 Å². The molecule has 0 aromatic carbocycles. The number of hydrogen-bond acceptors (Lipinski definition) is 2. The summed E-state index contributed by atoms with van der Waals surface area (Å²) in [5.74, 6) is 0.225. The van der Waals surface area contributed by atoms with Gasteiger partial charge >= 0.3 is 0 Å². The van der Waals surface area contributed by atoms with E-state index in [0.717, 1.165) is 6.42 Å². The summed E-state index contributed by atoms with van der Waals surface area (Å²) in [4.78, 5) is 11.4. The second kappa shape index (κ2) is 4.22. The highest BCUT2D eigenvalue weighted by Crippen LogP contribution is 2.16. The van der Waals surface area contributed by atoms with E-state index in [1.54, 1.807) is 27.0 Å². The molecule has 0 aliphatic carbocycles. The fraction of sp³-hybridized carbons (Fsp3) is 0.889. The van der Waals surface area contributed by atoms with Gasteiger partial charge in [0.1, 0.15) is 0 Å². The predicted octanol–water partition coefficient (Wildman–Crippen LogP) is 2.07. The summed E-state index contributed by atoms with van der Waals surface area (Å²) in [5, 5.41) is 0. The molecule has 0 rings (SSSR count). The summed E-state index contributed by atoms with van der Waals surface area (Å²) in [5.41, 5.74) is -0.521. The van der Waals surface area contributed by atoms with Crippen LogP contribution in [0.3, 0.4) is 0 Å². The number of carbonyl (C=O) groups is 1. The van der Waals surface area contributed by atoms with Gasteiger partial charge in [0.25, 0.3) is 5.91 Å². The van der Waals surface area contributed by atoms with Crippen LogP contribution in [0.5, 0.6) is 0 Å². The van der Waals surface area contributed by atoms with Gasteiger partial charge in [-0.1, -0.05) is 27.7 Å². The Bertz CT molecular complexity index is 293. The predicted molar refractivity (Wildman–Crippen MR) is 56.1 cm³/mol. The molecule has 4 heteroatoms. The van der Waals surface area contributed by atoms with Gasteiger partial charge in [0.2, 0.25) is 0 Å². The van der Waals surface area contributed by atoms with E-state index in [1.807, 2.05) is 6.92 Å². The van der Waals surface area contributed by atoms with E-state index in [1.165, 1.54) is 0 Å². The quantitative estimate of drug-likeness (QED) is 0.692. The van der Waals surface area contributed by atoms with Crippen LogP contribution in [0.15, 0.2) is 4.36 Å². The molecule has 0 fully saturated rings. The Hall–Kier alpha value is -0.380. The third-order valence-corrected chi connectivity index (χ3v) is 3.22. The van der Waals surface area contributed by atoms with Crippen molar-refractivity contribution in [3.63, 3.8) is 0 Å².